The van der Waals surface area contributed by atoms with Gasteiger partial charge >= 0.3 is 0 Å². The summed E-state index contributed by atoms with van der Waals surface area (Å²) in [5.41, 5.74) is 4.80. The minimum Gasteiger partial charge on any atom is -0.221 e. The Hall–Kier alpha value is -1.77. The number of nitrogens with zero attached hydrogens (tertiary/aromatic N) is 2. The molecular formula is C17H14Cl2N2. The summed E-state index contributed by atoms with van der Waals surface area (Å²) in [7, 11) is 0. The first-order chi connectivity index (χ1) is 10.2. The highest BCUT2D eigenvalue weighted by molar-refractivity contribution is 6.32. The van der Waals surface area contributed by atoms with Gasteiger partial charge in [0.15, 0.2) is 0 Å². The van der Waals surface area contributed by atoms with Crippen molar-refractivity contribution < 1.29 is 0 Å². The smallest absolute Gasteiger partial charge is 0.137 e. The molecule has 3 rings (SSSR count). The summed E-state index contributed by atoms with van der Waals surface area (Å²) in [4.78, 5) is 0. The Morgan fingerprint density at radius 1 is 1.05 bits per heavy atom. The van der Waals surface area contributed by atoms with Gasteiger partial charge in [-0.3, -0.25) is 0 Å². The van der Waals surface area contributed by atoms with Gasteiger partial charge in [0.25, 0.3) is 0 Å². The third-order valence-corrected chi connectivity index (χ3v) is 4.00. The molecule has 0 amide bonds. The minimum absolute atomic E-state index is 0.328. The van der Waals surface area contributed by atoms with Gasteiger partial charge in [-0.15, -0.1) is 11.6 Å². The molecule has 0 N–H and O–H groups in total. The van der Waals surface area contributed by atoms with Crippen LogP contribution in [0.5, 0.6) is 0 Å². The first-order valence-corrected chi connectivity index (χ1v) is 7.58. The van der Waals surface area contributed by atoms with Crippen molar-refractivity contribution in [3.8, 4) is 16.9 Å². The second-order valence-corrected chi connectivity index (χ2v) is 5.49. The fraction of sp³-hybridized carbons (Fsp3) is 0.118. The average molecular weight is 317 g/mol. The number of alkyl halides is 1. The molecule has 106 valence electrons. The Morgan fingerprint density at radius 3 is 2.48 bits per heavy atom. The first kappa shape index (κ1) is 14.2. The zero-order chi connectivity index (χ0) is 14.8. The summed E-state index contributed by atoms with van der Waals surface area (Å²) >= 11 is 12.6. The monoisotopic (exact) mass is 316 g/mol. The zero-order valence-corrected chi connectivity index (χ0v) is 13.1. The number of aromatic nitrogens is 2. The Balaban J connectivity index is 2.18. The number of rotatable bonds is 3. The van der Waals surface area contributed by atoms with E-state index in [9.17, 15) is 0 Å². The summed E-state index contributed by atoms with van der Waals surface area (Å²) in [5, 5.41) is 5.23. The van der Waals surface area contributed by atoms with E-state index in [4.69, 9.17) is 23.2 Å². The van der Waals surface area contributed by atoms with Crippen LogP contribution in [0.15, 0.2) is 54.6 Å². The molecule has 0 bridgehead atoms. The number of hydrogen-bond donors (Lipinski definition) is 0. The SMILES string of the molecule is Cc1cccc(-n2nc(-c3ccccc3)c(CCl)c2Cl)c1. The van der Waals surface area contributed by atoms with Gasteiger partial charge in [0.2, 0.25) is 0 Å². The molecule has 1 heterocycles. The maximum atomic E-state index is 6.48. The van der Waals surface area contributed by atoms with Gasteiger partial charge in [0.05, 0.1) is 17.3 Å². The van der Waals surface area contributed by atoms with Gasteiger partial charge in [-0.25, -0.2) is 4.68 Å². The van der Waals surface area contributed by atoms with Crippen LogP contribution in [0.25, 0.3) is 16.9 Å². The summed E-state index contributed by atoms with van der Waals surface area (Å²) < 4.78 is 1.74. The van der Waals surface area contributed by atoms with E-state index >= 15 is 0 Å². The van der Waals surface area contributed by atoms with Crippen molar-refractivity contribution in [3.05, 3.63) is 70.9 Å². The van der Waals surface area contributed by atoms with Gasteiger partial charge in [0, 0.05) is 11.1 Å². The Labute approximate surface area is 133 Å². The van der Waals surface area contributed by atoms with Crippen LogP contribution in [-0.2, 0) is 5.88 Å². The van der Waals surface area contributed by atoms with Gasteiger partial charge in [0.1, 0.15) is 5.15 Å². The highest BCUT2D eigenvalue weighted by atomic mass is 35.5. The van der Waals surface area contributed by atoms with Crippen LogP contribution in [0.4, 0.5) is 0 Å². The van der Waals surface area contributed by atoms with E-state index in [1.807, 2.05) is 61.5 Å². The molecule has 0 aliphatic heterocycles. The van der Waals surface area contributed by atoms with E-state index in [1.165, 1.54) is 0 Å². The fourth-order valence-corrected chi connectivity index (χ4v) is 2.92. The lowest BCUT2D eigenvalue weighted by Gasteiger charge is -2.04. The molecule has 21 heavy (non-hydrogen) atoms. The largest absolute Gasteiger partial charge is 0.221 e. The highest BCUT2D eigenvalue weighted by Gasteiger charge is 2.17. The average Bonchev–Trinajstić information content (AvgIpc) is 2.85. The molecular weight excluding hydrogens is 303 g/mol. The van der Waals surface area contributed by atoms with Crippen molar-refractivity contribution in [1.29, 1.82) is 0 Å². The molecule has 2 nitrogen and oxygen atoms in total. The molecule has 0 unspecified atom stereocenters. The van der Waals surface area contributed by atoms with Gasteiger partial charge in [-0.2, -0.15) is 5.10 Å². The lowest BCUT2D eigenvalue weighted by Crippen LogP contribution is -1.97. The molecule has 0 aliphatic rings. The molecule has 0 radical (unpaired) electrons. The molecule has 0 aliphatic carbocycles. The van der Waals surface area contributed by atoms with Crippen LogP contribution < -0.4 is 0 Å². The van der Waals surface area contributed by atoms with E-state index < -0.39 is 0 Å². The maximum Gasteiger partial charge on any atom is 0.137 e. The molecule has 1 aromatic heterocycles. The van der Waals surface area contributed by atoms with Crippen LogP contribution in [0.2, 0.25) is 5.15 Å². The maximum absolute atomic E-state index is 6.48. The van der Waals surface area contributed by atoms with Gasteiger partial charge in [-0.1, -0.05) is 54.1 Å². The van der Waals surface area contributed by atoms with Crippen molar-refractivity contribution in [1.82, 2.24) is 9.78 Å². The van der Waals surface area contributed by atoms with Gasteiger partial charge in [-0.05, 0) is 24.6 Å². The van der Waals surface area contributed by atoms with E-state index in [1.54, 1.807) is 4.68 Å². The highest BCUT2D eigenvalue weighted by Crippen LogP contribution is 2.32. The standard InChI is InChI=1S/C17H14Cl2N2/c1-12-6-5-9-14(10-12)21-17(19)15(11-18)16(20-21)13-7-3-2-4-8-13/h2-10H,11H2,1H3. The summed E-state index contributed by atoms with van der Waals surface area (Å²) in [6.45, 7) is 2.04. The molecule has 0 saturated heterocycles. The third kappa shape index (κ3) is 2.69. The number of halogens is 2. The zero-order valence-electron chi connectivity index (χ0n) is 11.6. The predicted octanol–water partition coefficient (Wildman–Crippen LogP) is 5.24. The van der Waals surface area contributed by atoms with E-state index in [0.717, 1.165) is 28.1 Å². The van der Waals surface area contributed by atoms with Crippen molar-refractivity contribution in [2.75, 3.05) is 0 Å². The third-order valence-electron chi connectivity index (χ3n) is 3.35. The number of hydrogen-bond acceptors (Lipinski definition) is 1. The van der Waals surface area contributed by atoms with Crippen LogP contribution in [0.1, 0.15) is 11.1 Å². The van der Waals surface area contributed by atoms with Crippen molar-refractivity contribution in [2.45, 2.75) is 12.8 Å². The summed E-state index contributed by atoms with van der Waals surface area (Å²) in [6, 6.07) is 18.0. The molecule has 0 atom stereocenters. The second kappa shape index (κ2) is 5.92. The van der Waals surface area contributed by atoms with Crippen LogP contribution >= 0.6 is 23.2 Å². The Morgan fingerprint density at radius 2 is 1.81 bits per heavy atom. The quantitative estimate of drug-likeness (QED) is 0.604. The predicted molar refractivity (Wildman–Crippen MR) is 88.3 cm³/mol. The number of benzene rings is 2. The minimum atomic E-state index is 0.328. The van der Waals surface area contributed by atoms with Gasteiger partial charge < -0.3 is 0 Å². The van der Waals surface area contributed by atoms with E-state index in [-0.39, 0.29) is 0 Å². The number of aryl methyl sites for hydroxylation is 1. The van der Waals surface area contributed by atoms with Crippen molar-refractivity contribution in [2.24, 2.45) is 0 Å². The molecule has 0 fully saturated rings. The molecule has 2 aromatic carbocycles. The normalized spacial score (nSPS) is 10.8. The Bertz CT molecular complexity index is 764. The van der Waals surface area contributed by atoms with Crippen molar-refractivity contribution in [3.63, 3.8) is 0 Å². The van der Waals surface area contributed by atoms with Crippen molar-refractivity contribution >= 4 is 23.2 Å². The summed E-state index contributed by atoms with van der Waals surface area (Å²) in [5.74, 6) is 0.328. The first-order valence-electron chi connectivity index (χ1n) is 6.66. The molecule has 0 saturated carbocycles. The fourth-order valence-electron chi connectivity index (χ4n) is 2.31. The summed E-state index contributed by atoms with van der Waals surface area (Å²) in [6.07, 6.45) is 0. The Kier molecular flexibility index (Phi) is 4.00. The topological polar surface area (TPSA) is 17.8 Å². The van der Waals surface area contributed by atoms with Crippen LogP contribution in [-0.4, -0.2) is 9.78 Å². The van der Waals surface area contributed by atoms with E-state index in [2.05, 4.69) is 5.10 Å². The van der Waals surface area contributed by atoms with Crippen LogP contribution in [0, 0.1) is 6.92 Å². The lowest BCUT2D eigenvalue weighted by molar-refractivity contribution is 0.883. The second-order valence-electron chi connectivity index (χ2n) is 4.87. The van der Waals surface area contributed by atoms with E-state index in [0.29, 0.717) is 11.0 Å². The molecule has 0 spiro atoms. The molecule has 4 heteroatoms. The lowest BCUT2D eigenvalue weighted by atomic mass is 10.1. The molecule has 3 aromatic rings. The van der Waals surface area contributed by atoms with Crippen LogP contribution in [0.3, 0.4) is 0 Å².